The van der Waals surface area contributed by atoms with Crippen LogP contribution in [0.4, 0.5) is 0 Å². The van der Waals surface area contributed by atoms with Crippen molar-refractivity contribution in [3.05, 3.63) is 29.8 Å². The van der Waals surface area contributed by atoms with E-state index in [1.165, 1.54) is 0 Å². The van der Waals surface area contributed by atoms with E-state index in [2.05, 4.69) is 6.07 Å². The maximum absolute atomic E-state index is 8.76. The summed E-state index contributed by atoms with van der Waals surface area (Å²) in [5.41, 5.74) is 0.609. The fourth-order valence-corrected chi connectivity index (χ4v) is 1.87. The van der Waals surface area contributed by atoms with Gasteiger partial charge >= 0.3 is 0 Å². The van der Waals surface area contributed by atoms with E-state index in [1.807, 2.05) is 12.1 Å². The average molecular weight is 247 g/mol. The van der Waals surface area contributed by atoms with Crippen LogP contribution >= 0.6 is 0 Å². The molecular weight excluding hydrogens is 230 g/mol. The Balaban J connectivity index is 1.67. The molecule has 1 aliphatic heterocycles. The zero-order valence-electron chi connectivity index (χ0n) is 10.3. The molecule has 1 saturated heterocycles. The highest BCUT2D eigenvalue weighted by Crippen LogP contribution is 2.13. The topological polar surface area (TPSA) is 51.5 Å². The largest absolute Gasteiger partial charge is 0.491 e. The molecule has 0 bridgehead atoms. The average Bonchev–Trinajstić information content (AvgIpc) is 2.45. The number of hydrogen-bond acceptors (Lipinski definition) is 4. The van der Waals surface area contributed by atoms with E-state index in [4.69, 9.17) is 19.5 Å². The Morgan fingerprint density at radius 1 is 1.28 bits per heavy atom. The SMILES string of the molecule is N#Cc1cccc(OCCOC2CCOCC2)c1. The molecule has 1 heterocycles. The summed E-state index contributed by atoms with van der Waals surface area (Å²) >= 11 is 0. The van der Waals surface area contributed by atoms with Gasteiger partial charge in [-0.1, -0.05) is 6.07 Å². The van der Waals surface area contributed by atoms with Crippen LogP contribution in [0.5, 0.6) is 5.75 Å². The molecule has 0 N–H and O–H groups in total. The molecule has 0 unspecified atom stereocenters. The Labute approximate surface area is 107 Å². The Morgan fingerprint density at radius 2 is 2.11 bits per heavy atom. The Hall–Kier alpha value is -1.57. The predicted octanol–water partition coefficient (Wildman–Crippen LogP) is 2.13. The van der Waals surface area contributed by atoms with Crippen LogP contribution in [0, 0.1) is 11.3 Å². The number of nitriles is 1. The molecule has 0 atom stereocenters. The first-order valence-corrected chi connectivity index (χ1v) is 6.21. The lowest BCUT2D eigenvalue weighted by atomic mass is 10.2. The summed E-state index contributed by atoms with van der Waals surface area (Å²) in [4.78, 5) is 0. The number of benzene rings is 1. The predicted molar refractivity (Wildman–Crippen MR) is 66.4 cm³/mol. The monoisotopic (exact) mass is 247 g/mol. The van der Waals surface area contributed by atoms with E-state index >= 15 is 0 Å². The minimum atomic E-state index is 0.299. The fraction of sp³-hybridized carbons (Fsp3) is 0.500. The molecule has 0 aliphatic carbocycles. The van der Waals surface area contributed by atoms with Crippen LogP contribution in [0.2, 0.25) is 0 Å². The summed E-state index contributed by atoms with van der Waals surface area (Å²) < 4.78 is 16.5. The van der Waals surface area contributed by atoms with Gasteiger partial charge in [-0.05, 0) is 31.0 Å². The van der Waals surface area contributed by atoms with E-state index in [1.54, 1.807) is 12.1 Å². The van der Waals surface area contributed by atoms with Crippen LogP contribution in [-0.2, 0) is 9.47 Å². The van der Waals surface area contributed by atoms with Gasteiger partial charge in [-0.3, -0.25) is 0 Å². The van der Waals surface area contributed by atoms with Gasteiger partial charge in [0.15, 0.2) is 0 Å². The molecule has 0 aromatic heterocycles. The van der Waals surface area contributed by atoms with Crippen LogP contribution in [-0.4, -0.2) is 32.5 Å². The first kappa shape index (κ1) is 12.9. The molecule has 96 valence electrons. The summed E-state index contributed by atoms with van der Waals surface area (Å²) in [7, 11) is 0. The van der Waals surface area contributed by atoms with Crippen molar-refractivity contribution < 1.29 is 14.2 Å². The lowest BCUT2D eigenvalue weighted by Crippen LogP contribution is -2.25. The van der Waals surface area contributed by atoms with Crippen molar-refractivity contribution in [3.63, 3.8) is 0 Å². The highest BCUT2D eigenvalue weighted by Gasteiger charge is 2.13. The number of hydrogen-bond donors (Lipinski definition) is 0. The summed E-state index contributed by atoms with van der Waals surface area (Å²) in [6.45, 7) is 2.65. The van der Waals surface area contributed by atoms with Gasteiger partial charge in [-0.15, -0.1) is 0 Å². The molecule has 1 fully saturated rings. The number of ether oxygens (including phenoxy) is 3. The highest BCUT2D eigenvalue weighted by atomic mass is 16.5. The smallest absolute Gasteiger partial charge is 0.120 e. The van der Waals surface area contributed by atoms with Crippen LogP contribution < -0.4 is 4.74 Å². The van der Waals surface area contributed by atoms with E-state index in [0.717, 1.165) is 26.1 Å². The quantitative estimate of drug-likeness (QED) is 0.748. The first-order valence-electron chi connectivity index (χ1n) is 6.21. The summed E-state index contributed by atoms with van der Waals surface area (Å²) in [5.74, 6) is 0.713. The van der Waals surface area contributed by atoms with E-state index in [0.29, 0.717) is 30.6 Å². The molecule has 1 aliphatic rings. The van der Waals surface area contributed by atoms with E-state index < -0.39 is 0 Å². The van der Waals surface area contributed by atoms with Gasteiger partial charge in [0.05, 0.1) is 24.3 Å². The van der Waals surface area contributed by atoms with E-state index in [-0.39, 0.29) is 0 Å². The molecule has 4 heteroatoms. The van der Waals surface area contributed by atoms with Gasteiger partial charge in [0.1, 0.15) is 12.4 Å². The molecular formula is C14H17NO3. The standard InChI is InChI=1S/C14H17NO3/c15-11-12-2-1-3-14(10-12)18-9-8-17-13-4-6-16-7-5-13/h1-3,10,13H,4-9H2. The third-order valence-electron chi connectivity index (χ3n) is 2.84. The maximum Gasteiger partial charge on any atom is 0.120 e. The molecule has 4 nitrogen and oxygen atoms in total. The van der Waals surface area contributed by atoms with Gasteiger partial charge in [0.25, 0.3) is 0 Å². The number of nitrogens with zero attached hydrogens (tertiary/aromatic N) is 1. The number of rotatable bonds is 5. The van der Waals surface area contributed by atoms with Gasteiger partial charge in [-0.2, -0.15) is 5.26 Å². The summed E-state index contributed by atoms with van der Waals surface area (Å²) in [6, 6.07) is 9.23. The van der Waals surface area contributed by atoms with Crippen LogP contribution in [0.1, 0.15) is 18.4 Å². The molecule has 0 radical (unpaired) electrons. The van der Waals surface area contributed by atoms with Crippen molar-refractivity contribution >= 4 is 0 Å². The molecule has 1 aromatic carbocycles. The molecule has 0 amide bonds. The van der Waals surface area contributed by atoms with Crippen LogP contribution in [0.15, 0.2) is 24.3 Å². The lowest BCUT2D eigenvalue weighted by molar-refractivity contribution is -0.0388. The fourth-order valence-electron chi connectivity index (χ4n) is 1.87. The third kappa shape index (κ3) is 4.02. The zero-order valence-corrected chi connectivity index (χ0v) is 10.3. The van der Waals surface area contributed by atoms with Gasteiger partial charge < -0.3 is 14.2 Å². The third-order valence-corrected chi connectivity index (χ3v) is 2.84. The molecule has 0 saturated carbocycles. The van der Waals surface area contributed by atoms with Crippen molar-refractivity contribution in [1.82, 2.24) is 0 Å². The maximum atomic E-state index is 8.76. The summed E-state index contributed by atoms with van der Waals surface area (Å²) in [6.07, 6.45) is 2.22. The first-order chi connectivity index (χ1) is 8.88. The minimum Gasteiger partial charge on any atom is -0.491 e. The molecule has 1 aromatic rings. The van der Waals surface area contributed by atoms with Gasteiger partial charge in [-0.25, -0.2) is 0 Å². The normalized spacial score (nSPS) is 16.2. The van der Waals surface area contributed by atoms with Crippen LogP contribution in [0.25, 0.3) is 0 Å². The molecule has 0 spiro atoms. The second-order valence-electron chi connectivity index (χ2n) is 4.17. The molecule has 18 heavy (non-hydrogen) atoms. The van der Waals surface area contributed by atoms with Crippen LogP contribution in [0.3, 0.4) is 0 Å². The second kappa shape index (κ2) is 7.00. The van der Waals surface area contributed by atoms with Crippen molar-refractivity contribution in [2.75, 3.05) is 26.4 Å². The Morgan fingerprint density at radius 3 is 2.89 bits per heavy atom. The molecule has 2 rings (SSSR count). The summed E-state index contributed by atoms with van der Waals surface area (Å²) in [5, 5.41) is 8.76. The lowest BCUT2D eigenvalue weighted by Gasteiger charge is -2.22. The highest BCUT2D eigenvalue weighted by molar-refractivity contribution is 5.36. The van der Waals surface area contributed by atoms with E-state index in [9.17, 15) is 0 Å². The van der Waals surface area contributed by atoms with Crippen molar-refractivity contribution in [1.29, 1.82) is 5.26 Å². The van der Waals surface area contributed by atoms with Gasteiger partial charge in [0, 0.05) is 13.2 Å². The Bertz CT molecular complexity index is 408. The zero-order chi connectivity index (χ0) is 12.6. The van der Waals surface area contributed by atoms with Crippen molar-refractivity contribution in [3.8, 4) is 11.8 Å². The van der Waals surface area contributed by atoms with Gasteiger partial charge in [0.2, 0.25) is 0 Å². The van der Waals surface area contributed by atoms with Crippen molar-refractivity contribution in [2.24, 2.45) is 0 Å². The second-order valence-corrected chi connectivity index (χ2v) is 4.17. The minimum absolute atomic E-state index is 0.299. The van der Waals surface area contributed by atoms with Crippen molar-refractivity contribution in [2.45, 2.75) is 18.9 Å². The Kier molecular flexibility index (Phi) is 5.00.